The molecule has 3 aromatic heterocycles. The first-order chi connectivity index (χ1) is 15.0. The normalized spacial score (nSPS) is 10.9. The van der Waals surface area contributed by atoms with Gasteiger partial charge in [0.05, 0.1) is 29.8 Å². The Bertz CT molecular complexity index is 1170. The van der Waals surface area contributed by atoms with E-state index in [0.717, 1.165) is 11.8 Å². The maximum Gasteiger partial charge on any atom is 0.276 e. The van der Waals surface area contributed by atoms with E-state index in [2.05, 4.69) is 25.3 Å². The molecule has 0 radical (unpaired) electrons. The van der Waals surface area contributed by atoms with Crippen LogP contribution in [0.4, 0.5) is 4.39 Å². The number of halogens is 1. The van der Waals surface area contributed by atoms with Crippen LogP contribution in [0.15, 0.2) is 53.4 Å². The second-order valence-corrected chi connectivity index (χ2v) is 6.85. The van der Waals surface area contributed by atoms with Gasteiger partial charge in [-0.15, -0.1) is 0 Å². The Morgan fingerprint density at radius 1 is 1.19 bits per heavy atom. The second-order valence-electron chi connectivity index (χ2n) is 6.85. The maximum absolute atomic E-state index is 13.3. The summed E-state index contributed by atoms with van der Waals surface area (Å²) in [6.07, 6.45) is 4.61. The highest BCUT2D eigenvalue weighted by Gasteiger charge is 2.21. The highest BCUT2D eigenvalue weighted by molar-refractivity contribution is 5.98. The number of hydrogen-bond acceptors (Lipinski definition) is 7. The van der Waals surface area contributed by atoms with Crippen LogP contribution in [0.5, 0.6) is 0 Å². The number of benzene rings is 1. The molecular weight excluding hydrogens is 401 g/mol. The second kappa shape index (κ2) is 8.82. The lowest BCUT2D eigenvalue weighted by molar-refractivity contribution is 0.0764. The summed E-state index contributed by atoms with van der Waals surface area (Å²) >= 11 is 0. The molecule has 10 heteroatoms. The smallest absolute Gasteiger partial charge is 0.276 e. The number of rotatable bonds is 7. The monoisotopic (exact) mass is 421 g/mol. The third-order valence-corrected chi connectivity index (χ3v) is 4.71. The molecule has 0 saturated carbocycles. The molecular formula is C21H20FN7O2. The molecule has 0 fully saturated rings. The Morgan fingerprint density at radius 2 is 2.00 bits per heavy atom. The van der Waals surface area contributed by atoms with Crippen LogP contribution in [-0.2, 0) is 6.42 Å². The van der Waals surface area contributed by atoms with Crippen molar-refractivity contribution in [2.75, 3.05) is 13.1 Å². The average molecular weight is 421 g/mol. The van der Waals surface area contributed by atoms with Crippen LogP contribution in [0.3, 0.4) is 0 Å². The lowest BCUT2D eigenvalue weighted by atomic mass is 10.1. The summed E-state index contributed by atoms with van der Waals surface area (Å²) in [4.78, 5) is 24.6. The summed E-state index contributed by atoms with van der Waals surface area (Å²) < 4.78 is 18.3. The van der Waals surface area contributed by atoms with Crippen LogP contribution in [0.25, 0.3) is 17.3 Å². The molecule has 0 aliphatic heterocycles. The van der Waals surface area contributed by atoms with E-state index in [1.807, 2.05) is 32.0 Å². The molecule has 0 aliphatic rings. The molecule has 0 unspecified atom stereocenters. The van der Waals surface area contributed by atoms with Crippen molar-refractivity contribution in [2.24, 2.45) is 0 Å². The zero-order valence-corrected chi connectivity index (χ0v) is 17.1. The molecule has 9 nitrogen and oxygen atoms in total. The highest BCUT2D eigenvalue weighted by atomic mass is 19.1. The number of pyridine rings is 1. The number of hydrogen-bond donors (Lipinski definition) is 0. The molecule has 158 valence electrons. The van der Waals surface area contributed by atoms with E-state index in [-0.39, 0.29) is 11.8 Å². The molecule has 31 heavy (non-hydrogen) atoms. The Labute approximate surface area is 177 Å². The first kappa shape index (κ1) is 20.3. The van der Waals surface area contributed by atoms with Crippen molar-refractivity contribution in [3.8, 4) is 17.3 Å². The minimum absolute atomic E-state index is 0.137. The summed E-state index contributed by atoms with van der Waals surface area (Å²) in [5, 5.41) is 12.2. The van der Waals surface area contributed by atoms with Gasteiger partial charge in [0.15, 0.2) is 5.82 Å². The van der Waals surface area contributed by atoms with Gasteiger partial charge < -0.3 is 9.42 Å². The summed E-state index contributed by atoms with van der Waals surface area (Å²) in [5.41, 5.74) is 2.48. The molecule has 0 atom stereocenters. The van der Waals surface area contributed by atoms with Crippen molar-refractivity contribution in [3.63, 3.8) is 0 Å². The molecule has 4 aromatic rings. The van der Waals surface area contributed by atoms with Crippen LogP contribution in [0, 0.1) is 12.7 Å². The van der Waals surface area contributed by atoms with Crippen LogP contribution >= 0.6 is 0 Å². The molecule has 4 rings (SSSR count). The summed E-state index contributed by atoms with van der Waals surface area (Å²) in [6.45, 7) is 4.73. The van der Waals surface area contributed by atoms with Gasteiger partial charge in [-0.1, -0.05) is 16.8 Å². The highest BCUT2D eigenvalue weighted by Crippen LogP contribution is 2.18. The third-order valence-electron chi connectivity index (χ3n) is 4.71. The quantitative estimate of drug-likeness (QED) is 0.452. The lowest BCUT2D eigenvalue weighted by Gasteiger charge is -2.21. The van der Waals surface area contributed by atoms with Crippen molar-refractivity contribution in [1.29, 1.82) is 0 Å². The number of aromatic nitrogens is 6. The minimum atomic E-state index is -0.443. The van der Waals surface area contributed by atoms with Gasteiger partial charge in [0.1, 0.15) is 11.5 Å². The Balaban J connectivity index is 1.50. The standard InChI is InChI=1S/C21H20FN7O2/c1-3-28(11-8-19-26-20(31-27-19)17-6-5-15(22)13-23-17)21(30)16-12-14(2)4-7-18(16)29-24-9-10-25-29/h4-7,9-10,12-13H,3,8,11H2,1-2H3. The fourth-order valence-electron chi connectivity index (χ4n) is 3.11. The van der Waals surface area contributed by atoms with Gasteiger partial charge in [-0.3, -0.25) is 4.79 Å². The number of carbonyl (C=O) groups excluding carboxylic acids is 1. The molecule has 0 aliphatic carbocycles. The molecule has 1 aromatic carbocycles. The minimum Gasteiger partial charge on any atom is -0.338 e. The number of nitrogens with zero attached hydrogens (tertiary/aromatic N) is 7. The van der Waals surface area contributed by atoms with E-state index in [1.54, 1.807) is 17.3 Å². The van der Waals surface area contributed by atoms with Crippen LogP contribution in [0.1, 0.15) is 28.7 Å². The van der Waals surface area contributed by atoms with Gasteiger partial charge in [0.2, 0.25) is 0 Å². The predicted molar refractivity (Wildman–Crippen MR) is 109 cm³/mol. The van der Waals surface area contributed by atoms with Gasteiger partial charge in [0, 0.05) is 19.5 Å². The van der Waals surface area contributed by atoms with Crippen LogP contribution < -0.4 is 0 Å². The Kier molecular flexibility index (Phi) is 5.78. The fourth-order valence-corrected chi connectivity index (χ4v) is 3.11. The first-order valence-electron chi connectivity index (χ1n) is 9.76. The van der Waals surface area contributed by atoms with E-state index in [0.29, 0.717) is 42.3 Å². The van der Waals surface area contributed by atoms with Gasteiger partial charge in [-0.2, -0.15) is 20.0 Å². The molecule has 0 spiro atoms. The van der Waals surface area contributed by atoms with Gasteiger partial charge in [-0.05, 0) is 38.1 Å². The van der Waals surface area contributed by atoms with Crippen LogP contribution in [-0.4, -0.2) is 54.0 Å². The number of carbonyl (C=O) groups is 1. The van der Waals surface area contributed by atoms with Crippen molar-refractivity contribution in [1.82, 2.24) is 35.0 Å². The van der Waals surface area contributed by atoms with E-state index >= 15 is 0 Å². The summed E-state index contributed by atoms with van der Waals surface area (Å²) in [6, 6.07) is 8.32. The van der Waals surface area contributed by atoms with Crippen molar-refractivity contribution < 1.29 is 13.7 Å². The summed E-state index contributed by atoms with van der Waals surface area (Å²) in [7, 11) is 0. The number of likely N-dealkylation sites (N-methyl/N-ethyl adjacent to an activating group) is 1. The lowest BCUT2D eigenvalue weighted by Crippen LogP contribution is -2.33. The van der Waals surface area contributed by atoms with Crippen molar-refractivity contribution in [3.05, 3.63) is 71.7 Å². The fraction of sp³-hybridized carbons (Fsp3) is 0.238. The van der Waals surface area contributed by atoms with E-state index in [1.165, 1.54) is 16.9 Å². The average Bonchev–Trinajstić information content (AvgIpc) is 3.47. The topological polar surface area (TPSA) is 103 Å². The molecule has 0 N–H and O–H groups in total. The zero-order valence-electron chi connectivity index (χ0n) is 17.1. The van der Waals surface area contributed by atoms with Gasteiger partial charge in [0.25, 0.3) is 11.8 Å². The van der Waals surface area contributed by atoms with Gasteiger partial charge in [-0.25, -0.2) is 9.37 Å². The SMILES string of the molecule is CCN(CCc1noc(-c2ccc(F)cn2)n1)C(=O)c1cc(C)ccc1-n1nccn1. The Morgan fingerprint density at radius 3 is 2.71 bits per heavy atom. The summed E-state index contributed by atoms with van der Waals surface area (Å²) in [5.74, 6) is 0.0597. The van der Waals surface area contributed by atoms with Crippen molar-refractivity contribution in [2.45, 2.75) is 20.3 Å². The molecule has 3 heterocycles. The number of amides is 1. The maximum atomic E-state index is 13.3. The van der Waals surface area contributed by atoms with Crippen LogP contribution in [0.2, 0.25) is 0 Å². The van der Waals surface area contributed by atoms with Gasteiger partial charge >= 0.3 is 0 Å². The van der Waals surface area contributed by atoms with E-state index in [9.17, 15) is 9.18 Å². The largest absolute Gasteiger partial charge is 0.338 e. The Hall–Kier alpha value is -3.95. The van der Waals surface area contributed by atoms with E-state index in [4.69, 9.17) is 4.52 Å². The molecule has 0 saturated heterocycles. The first-order valence-corrected chi connectivity index (χ1v) is 9.76. The number of aryl methyl sites for hydroxylation is 1. The molecule has 1 amide bonds. The predicted octanol–water partition coefficient (Wildman–Crippen LogP) is 2.86. The van der Waals surface area contributed by atoms with E-state index < -0.39 is 5.82 Å². The zero-order chi connectivity index (χ0) is 21.8. The van der Waals surface area contributed by atoms with Crippen molar-refractivity contribution >= 4 is 5.91 Å². The molecule has 0 bridgehead atoms. The third kappa shape index (κ3) is 4.47.